The number of fused-ring (bicyclic) bond motifs is 1. The zero-order valence-corrected chi connectivity index (χ0v) is 15.6. The molecule has 0 saturated carbocycles. The van der Waals surface area contributed by atoms with Gasteiger partial charge < -0.3 is 9.64 Å². The van der Waals surface area contributed by atoms with Crippen LogP contribution in [0.25, 0.3) is 0 Å². The normalized spacial score (nSPS) is 14.4. The van der Waals surface area contributed by atoms with Crippen LogP contribution in [0, 0.1) is 0 Å². The molecule has 0 amide bonds. The summed E-state index contributed by atoms with van der Waals surface area (Å²) in [5, 5.41) is 0. The van der Waals surface area contributed by atoms with Gasteiger partial charge in [0, 0.05) is 38.4 Å². The summed E-state index contributed by atoms with van der Waals surface area (Å²) >= 11 is 0. The van der Waals surface area contributed by atoms with E-state index in [1.165, 1.54) is 16.8 Å². The van der Waals surface area contributed by atoms with E-state index in [9.17, 15) is 0 Å². The first kappa shape index (κ1) is 17.6. The lowest BCUT2D eigenvalue weighted by atomic mass is 10.1. The van der Waals surface area contributed by atoms with Crippen molar-refractivity contribution in [2.24, 2.45) is 0 Å². The molecule has 138 valence electrons. The highest BCUT2D eigenvalue weighted by molar-refractivity contribution is 5.54. The van der Waals surface area contributed by atoms with Gasteiger partial charge in [0.15, 0.2) is 0 Å². The van der Waals surface area contributed by atoms with Crippen molar-refractivity contribution in [3.63, 3.8) is 0 Å². The first-order valence-electron chi connectivity index (χ1n) is 9.65. The molecule has 0 fully saturated rings. The van der Waals surface area contributed by atoms with Gasteiger partial charge in [0.1, 0.15) is 12.4 Å². The average molecular weight is 358 g/mol. The van der Waals surface area contributed by atoms with Crippen LogP contribution in [-0.4, -0.2) is 31.1 Å². The third kappa shape index (κ3) is 4.69. The summed E-state index contributed by atoms with van der Waals surface area (Å²) in [6.45, 7) is 5.63. The van der Waals surface area contributed by atoms with Crippen molar-refractivity contribution < 1.29 is 4.74 Å². The Labute approximate surface area is 161 Å². The largest absolute Gasteiger partial charge is 0.492 e. The fourth-order valence-corrected chi connectivity index (χ4v) is 3.62. The van der Waals surface area contributed by atoms with E-state index >= 15 is 0 Å². The minimum Gasteiger partial charge on any atom is -0.492 e. The molecule has 4 rings (SSSR count). The SMILES string of the molecule is c1ccc(CN2CCN(CCOc3ccccc3)Cc3ccccc32)cc1. The smallest absolute Gasteiger partial charge is 0.119 e. The van der Waals surface area contributed by atoms with E-state index in [4.69, 9.17) is 4.74 Å². The molecule has 0 spiro atoms. The number of hydrogen-bond donors (Lipinski definition) is 0. The number of para-hydroxylation sites is 2. The molecule has 3 aromatic rings. The van der Waals surface area contributed by atoms with E-state index in [0.29, 0.717) is 6.61 Å². The molecule has 3 nitrogen and oxygen atoms in total. The topological polar surface area (TPSA) is 15.7 Å². The number of ether oxygens (including phenoxy) is 1. The number of anilines is 1. The van der Waals surface area contributed by atoms with Crippen LogP contribution in [0.15, 0.2) is 84.9 Å². The second-order valence-corrected chi connectivity index (χ2v) is 6.97. The molecule has 3 heteroatoms. The van der Waals surface area contributed by atoms with Crippen molar-refractivity contribution >= 4 is 5.69 Å². The van der Waals surface area contributed by atoms with Gasteiger partial charge in [0.05, 0.1) is 0 Å². The van der Waals surface area contributed by atoms with Gasteiger partial charge in [-0.1, -0.05) is 66.7 Å². The van der Waals surface area contributed by atoms with E-state index in [2.05, 4.69) is 64.4 Å². The molecule has 3 aromatic carbocycles. The maximum absolute atomic E-state index is 5.90. The molecule has 0 unspecified atom stereocenters. The van der Waals surface area contributed by atoms with Crippen LogP contribution in [0.2, 0.25) is 0 Å². The van der Waals surface area contributed by atoms with E-state index in [0.717, 1.165) is 38.5 Å². The first-order chi connectivity index (χ1) is 13.4. The van der Waals surface area contributed by atoms with Gasteiger partial charge in [-0.2, -0.15) is 0 Å². The summed E-state index contributed by atoms with van der Waals surface area (Å²) in [7, 11) is 0. The fraction of sp³-hybridized carbons (Fsp3) is 0.250. The van der Waals surface area contributed by atoms with Crippen LogP contribution in [0.4, 0.5) is 5.69 Å². The summed E-state index contributed by atoms with van der Waals surface area (Å²) in [5.74, 6) is 0.943. The van der Waals surface area contributed by atoms with Crippen LogP contribution in [0.3, 0.4) is 0 Å². The van der Waals surface area contributed by atoms with Crippen LogP contribution >= 0.6 is 0 Å². The van der Waals surface area contributed by atoms with Crippen molar-refractivity contribution in [2.45, 2.75) is 13.1 Å². The van der Waals surface area contributed by atoms with Gasteiger partial charge in [0.25, 0.3) is 0 Å². The Hall–Kier alpha value is -2.78. The van der Waals surface area contributed by atoms with E-state index in [1.54, 1.807) is 0 Å². The van der Waals surface area contributed by atoms with E-state index < -0.39 is 0 Å². The van der Waals surface area contributed by atoms with Crippen molar-refractivity contribution in [1.29, 1.82) is 0 Å². The first-order valence-corrected chi connectivity index (χ1v) is 9.65. The highest BCUT2D eigenvalue weighted by atomic mass is 16.5. The molecule has 1 aliphatic rings. The molecule has 27 heavy (non-hydrogen) atoms. The zero-order chi connectivity index (χ0) is 18.3. The van der Waals surface area contributed by atoms with Crippen LogP contribution < -0.4 is 9.64 Å². The predicted molar refractivity (Wildman–Crippen MR) is 111 cm³/mol. The summed E-state index contributed by atoms with van der Waals surface area (Å²) in [5.41, 5.74) is 4.10. The van der Waals surface area contributed by atoms with Crippen LogP contribution in [-0.2, 0) is 13.1 Å². The third-order valence-corrected chi connectivity index (χ3v) is 5.05. The molecule has 0 N–H and O–H groups in total. The minimum atomic E-state index is 0.713. The zero-order valence-electron chi connectivity index (χ0n) is 15.6. The van der Waals surface area contributed by atoms with Gasteiger partial charge in [-0.3, -0.25) is 4.90 Å². The predicted octanol–water partition coefficient (Wildman–Crippen LogP) is 4.59. The van der Waals surface area contributed by atoms with Crippen molar-refractivity contribution in [3.8, 4) is 5.75 Å². The molecule has 0 aromatic heterocycles. The molecule has 0 radical (unpaired) electrons. The van der Waals surface area contributed by atoms with E-state index in [-0.39, 0.29) is 0 Å². The van der Waals surface area contributed by atoms with Gasteiger partial charge in [-0.15, -0.1) is 0 Å². The van der Waals surface area contributed by atoms with E-state index in [1.807, 2.05) is 30.3 Å². The molecular formula is C24H26N2O. The molecule has 1 aliphatic heterocycles. The Balaban J connectivity index is 1.42. The van der Waals surface area contributed by atoms with Gasteiger partial charge in [-0.25, -0.2) is 0 Å². The van der Waals surface area contributed by atoms with Crippen molar-refractivity contribution in [2.75, 3.05) is 31.1 Å². The number of hydrogen-bond acceptors (Lipinski definition) is 3. The highest BCUT2D eigenvalue weighted by Gasteiger charge is 2.19. The average Bonchev–Trinajstić information content (AvgIpc) is 2.89. The molecular weight excluding hydrogens is 332 g/mol. The molecule has 0 saturated heterocycles. The Kier molecular flexibility index (Phi) is 5.70. The number of benzene rings is 3. The lowest BCUT2D eigenvalue weighted by Crippen LogP contribution is -2.33. The monoisotopic (exact) mass is 358 g/mol. The Bertz CT molecular complexity index is 835. The number of rotatable bonds is 6. The van der Waals surface area contributed by atoms with Gasteiger partial charge in [0.2, 0.25) is 0 Å². The maximum atomic E-state index is 5.90. The number of nitrogens with zero attached hydrogens (tertiary/aromatic N) is 2. The van der Waals surface area contributed by atoms with Gasteiger partial charge >= 0.3 is 0 Å². The third-order valence-electron chi connectivity index (χ3n) is 5.05. The second kappa shape index (κ2) is 8.74. The molecule has 0 bridgehead atoms. The fourth-order valence-electron chi connectivity index (χ4n) is 3.62. The Morgan fingerprint density at radius 3 is 2.26 bits per heavy atom. The Morgan fingerprint density at radius 2 is 1.44 bits per heavy atom. The summed E-state index contributed by atoms with van der Waals surface area (Å²) < 4.78 is 5.90. The summed E-state index contributed by atoms with van der Waals surface area (Å²) in [4.78, 5) is 5.00. The second-order valence-electron chi connectivity index (χ2n) is 6.97. The molecule has 0 aliphatic carbocycles. The molecule has 1 heterocycles. The summed E-state index contributed by atoms with van der Waals surface area (Å²) in [6, 6.07) is 29.6. The quantitative estimate of drug-likeness (QED) is 0.641. The van der Waals surface area contributed by atoms with Gasteiger partial charge in [-0.05, 0) is 29.3 Å². The minimum absolute atomic E-state index is 0.713. The lowest BCUT2D eigenvalue weighted by Gasteiger charge is -2.25. The van der Waals surface area contributed by atoms with Crippen molar-refractivity contribution in [3.05, 3.63) is 96.1 Å². The standard InChI is InChI=1S/C24H26N2O/c1-3-9-21(10-4-1)19-26-16-15-25(20-22-11-7-8-14-24(22)26)17-18-27-23-12-5-2-6-13-23/h1-14H,15-20H2. The van der Waals surface area contributed by atoms with Crippen LogP contribution in [0.5, 0.6) is 5.75 Å². The molecule has 0 atom stereocenters. The van der Waals surface area contributed by atoms with Crippen LogP contribution in [0.1, 0.15) is 11.1 Å². The Morgan fingerprint density at radius 1 is 0.741 bits per heavy atom. The lowest BCUT2D eigenvalue weighted by molar-refractivity contribution is 0.209. The van der Waals surface area contributed by atoms with Crippen molar-refractivity contribution in [1.82, 2.24) is 4.90 Å². The maximum Gasteiger partial charge on any atom is 0.119 e. The summed E-state index contributed by atoms with van der Waals surface area (Å²) in [6.07, 6.45) is 0. The highest BCUT2D eigenvalue weighted by Crippen LogP contribution is 2.26.